The van der Waals surface area contributed by atoms with Crippen LogP contribution in [0.3, 0.4) is 0 Å². The van der Waals surface area contributed by atoms with Crippen LogP contribution < -0.4 is 0 Å². The zero-order chi connectivity index (χ0) is 14.3. The van der Waals surface area contributed by atoms with Crippen molar-refractivity contribution in [2.75, 3.05) is 33.4 Å². The fraction of sp³-hybridized carbons (Fsp3) is 0.933. The lowest BCUT2D eigenvalue weighted by atomic mass is 9.92. The van der Waals surface area contributed by atoms with Crippen LogP contribution in [0.4, 0.5) is 0 Å². The van der Waals surface area contributed by atoms with Gasteiger partial charge in [-0.05, 0) is 31.2 Å². The van der Waals surface area contributed by atoms with Crippen LogP contribution in [0.25, 0.3) is 0 Å². The Hall–Kier alpha value is -0.610. The van der Waals surface area contributed by atoms with Gasteiger partial charge in [0.2, 0.25) is 0 Å². The van der Waals surface area contributed by atoms with Crippen molar-refractivity contribution in [2.45, 2.75) is 52.6 Å². The summed E-state index contributed by atoms with van der Waals surface area (Å²) in [6.45, 7) is 10.3. The molecule has 1 unspecified atom stereocenters. The molecule has 4 nitrogen and oxygen atoms in total. The van der Waals surface area contributed by atoms with Gasteiger partial charge < -0.3 is 14.4 Å². The summed E-state index contributed by atoms with van der Waals surface area (Å²) in [4.78, 5) is 13.6. The Morgan fingerprint density at radius 1 is 1.37 bits per heavy atom. The second kappa shape index (κ2) is 7.85. The summed E-state index contributed by atoms with van der Waals surface area (Å²) in [6.07, 6.45) is 4.24. The minimum Gasteiger partial charge on any atom is -0.469 e. The van der Waals surface area contributed by atoms with Crippen LogP contribution in [0.5, 0.6) is 0 Å². The molecule has 0 radical (unpaired) electrons. The van der Waals surface area contributed by atoms with Gasteiger partial charge in [0, 0.05) is 19.7 Å². The van der Waals surface area contributed by atoms with E-state index in [0.29, 0.717) is 17.9 Å². The van der Waals surface area contributed by atoms with E-state index in [1.165, 1.54) is 7.11 Å². The molecule has 1 heterocycles. The molecule has 1 fully saturated rings. The van der Waals surface area contributed by atoms with E-state index in [-0.39, 0.29) is 5.97 Å². The van der Waals surface area contributed by atoms with Crippen LogP contribution in [0.2, 0.25) is 0 Å². The van der Waals surface area contributed by atoms with Crippen LogP contribution >= 0.6 is 0 Å². The van der Waals surface area contributed by atoms with Crippen molar-refractivity contribution in [3.8, 4) is 0 Å². The van der Waals surface area contributed by atoms with E-state index in [0.717, 1.165) is 45.5 Å². The van der Waals surface area contributed by atoms with Crippen LogP contribution in [-0.4, -0.2) is 50.3 Å². The second-order valence-corrected chi connectivity index (χ2v) is 6.57. The normalized spacial score (nSPS) is 19.9. The first-order chi connectivity index (χ1) is 8.90. The fourth-order valence-corrected chi connectivity index (χ4v) is 2.22. The number of methoxy groups -OCH3 is 1. The smallest absolute Gasteiger partial charge is 0.306 e. The Morgan fingerprint density at radius 2 is 2.11 bits per heavy atom. The highest BCUT2D eigenvalue weighted by molar-refractivity contribution is 5.69. The molecule has 0 aromatic carbocycles. The fourth-order valence-electron chi connectivity index (χ4n) is 2.22. The molecule has 1 atom stereocenters. The first kappa shape index (κ1) is 16.4. The molecule has 1 saturated heterocycles. The van der Waals surface area contributed by atoms with E-state index in [9.17, 15) is 4.79 Å². The molecule has 1 aliphatic rings. The molecule has 1 rings (SSSR count). The summed E-state index contributed by atoms with van der Waals surface area (Å²) in [5, 5.41) is 0. The van der Waals surface area contributed by atoms with Gasteiger partial charge in [-0.15, -0.1) is 0 Å². The van der Waals surface area contributed by atoms with Gasteiger partial charge in [-0.1, -0.05) is 20.8 Å². The summed E-state index contributed by atoms with van der Waals surface area (Å²) < 4.78 is 10.4. The topological polar surface area (TPSA) is 38.8 Å². The summed E-state index contributed by atoms with van der Waals surface area (Å²) in [5.41, 5.74) is 0.319. The molecular formula is C15H29NO3. The van der Waals surface area contributed by atoms with Gasteiger partial charge in [0.1, 0.15) is 0 Å². The molecular weight excluding hydrogens is 242 g/mol. The van der Waals surface area contributed by atoms with E-state index in [1.807, 2.05) is 0 Å². The van der Waals surface area contributed by atoms with Gasteiger partial charge in [-0.3, -0.25) is 4.79 Å². The van der Waals surface area contributed by atoms with Crippen LogP contribution in [0.15, 0.2) is 0 Å². The highest BCUT2D eigenvalue weighted by Crippen LogP contribution is 2.20. The van der Waals surface area contributed by atoms with Crippen molar-refractivity contribution in [2.24, 2.45) is 5.41 Å². The van der Waals surface area contributed by atoms with Crippen LogP contribution in [0.1, 0.15) is 46.5 Å². The molecule has 0 bridgehead atoms. The third-order valence-electron chi connectivity index (χ3n) is 3.52. The van der Waals surface area contributed by atoms with Crippen molar-refractivity contribution in [3.63, 3.8) is 0 Å². The minimum absolute atomic E-state index is 0.131. The quantitative estimate of drug-likeness (QED) is 0.667. The van der Waals surface area contributed by atoms with Crippen molar-refractivity contribution in [3.05, 3.63) is 0 Å². The SMILES string of the molecule is COC(=O)CCN(CCC(C)(C)C)CC1CCCO1. The molecule has 19 heavy (non-hydrogen) atoms. The Labute approximate surface area is 117 Å². The molecule has 0 aliphatic carbocycles. The van der Waals surface area contributed by atoms with E-state index in [1.54, 1.807) is 0 Å². The molecule has 0 saturated carbocycles. The Kier molecular flexibility index (Phi) is 6.80. The summed E-state index contributed by atoms with van der Waals surface area (Å²) in [7, 11) is 1.45. The Balaban J connectivity index is 2.39. The summed E-state index contributed by atoms with van der Waals surface area (Å²) >= 11 is 0. The average Bonchev–Trinajstić information content (AvgIpc) is 2.83. The standard InChI is InChI=1S/C15H29NO3/c1-15(2,3)8-10-16(9-7-14(17)18-4)12-13-6-5-11-19-13/h13H,5-12H2,1-4H3. The average molecular weight is 271 g/mol. The van der Waals surface area contributed by atoms with E-state index in [4.69, 9.17) is 9.47 Å². The largest absolute Gasteiger partial charge is 0.469 e. The van der Waals surface area contributed by atoms with Gasteiger partial charge in [-0.2, -0.15) is 0 Å². The number of ether oxygens (including phenoxy) is 2. The maximum absolute atomic E-state index is 11.3. The highest BCUT2D eigenvalue weighted by atomic mass is 16.5. The number of hydrogen-bond donors (Lipinski definition) is 0. The Morgan fingerprint density at radius 3 is 2.63 bits per heavy atom. The Bertz CT molecular complexity index is 267. The maximum atomic E-state index is 11.3. The van der Waals surface area contributed by atoms with E-state index >= 15 is 0 Å². The summed E-state index contributed by atoms with van der Waals surface area (Å²) in [6, 6.07) is 0. The van der Waals surface area contributed by atoms with Gasteiger partial charge >= 0.3 is 5.97 Å². The maximum Gasteiger partial charge on any atom is 0.306 e. The lowest BCUT2D eigenvalue weighted by Crippen LogP contribution is -2.36. The van der Waals surface area contributed by atoms with Gasteiger partial charge in [-0.25, -0.2) is 0 Å². The predicted molar refractivity (Wildman–Crippen MR) is 76.1 cm³/mol. The van der Waals surface area contributed by atoms with Gasteiger partial charge in [0.25, 0.3) is 0 Å². The first-order valence-corrected chi connectivity index (χ1v) is 7.31. The number of esters is 1. The monoisotopic (exact) mass is 271 g/mol. The molecule has 112 valence electrons. The zero-order valence-electron chi connectivity index (χ0n) is 12.9. The molecule has 4 heteroatoms. The number of carbonyl (C=O) groups is 1. The molecule has 0 N–H and O–H groups in total. The van der Waals surface area contributed by atoms with Crippen molar-refractivity contribution in [1.82, 2.24) is 4.90 Å². The third kappa shape index (κ3) is 7.53. The number of nitrogens with zero attached hydrogens (tertiary/aromatic N) is 1. The number of hydrogen-bond acceptors (Lipinski definition) is 4. The van der Waals surface area contributed by atoms with Gasteiger partial charge in [0.15, 0.2) is 0 Å². The predicted octanol–water partition coefficient (Wildman–Crippen LogP) is 2.47. The molecule has 0 spiro atoms. The van der Waals surface area contributed by atoms with Crippen molar-refractivity contribution in [1.29, 1.82) is 0 Å². The highest BCUT2D eigenvalue weighted by Gasteiger charge is 2.21. The van der Waals surface area contributed by atoms with Crippen LogP contribution in [-0.2, 0) is 14.3 Å². The molecule has 0 aromatic rings. The lowest BCUT2D eigenvalue weighted by molar-refractivity contribution is -0.141. The lowest BCUT2D eigenvalue weighted by Gasteiger charge is -2.28. The van der Waals surface area contributed by atoms with Crippen LogP contribution in [0, 0.1) is 5.41 Å². The van der Waals surface area contributed by atoms with E-state index < -0.39 is 0 Å². The minimum atomic E-state index is -0.131. The molecule has 0 amide bonds. The third-order valence-corrected chi connectivity index (χ3v) is 3.52. The molecule has 0 aromatic heterocycles. The number of rotatable bonds is 7. The van der Waals surface area contributed by atoms with E-state index in [2.05, 4.69) is 25.7 Å². The number of carbonyl (C=O) groups excluding carboxylic acids is 1. The summed E-state index contributed by atoms with van der Waals surface area (Å²) in [5.74, 6) is -0.131. The second-order valence-electron chi connectivity index (χ2n) is 6.57. The first-order valence-electron chi connectivity index (χ1n) is 7.31. The zero-order valence-corrected chi connectivity index (χ0v) is 12.9. The van der Waals surface area contributed by atoms with Crippen molar-refractivity contribution >= 4 is 5.97 Å². The molecule has 1 aliphatic heterocycles. The van der Waals surface area contributed by atoms with Crippen molar-refractivity contribution < 1.29 is 14.3 Å². The van der Waals surface area contributed by atoms with Gasteiger partial charge in [0.05, 0.1) is 19.6 Å².